The van der Waals surface area contributed by atoms with E-state index in [2.05, 4.69) is 52.6 Å². The van der Waals surface area contributed by atoms with Crippen molar-refractivity contribution in [2.24, 2.45) is 17.6 Å². The SMILES string of the molecule is C=C(N)C1=C(O)[C@@H](N(C)C)[C@@H]2[C@@H](OC(=O)CCCCC)[C@H]3C(=C(C)[C@]2(O)C1=C)C(=C)c1c(C)cccc1[C@@H]3C. The first kappa shape index (κ1) is 28.9. The molecule has 0 aliphatic heterocycles. The molecule has 4 rings (SSSR count). The van der Waals surface area contributed by atoms with Gasteiger partial charge in [-0.2, -0.15) is 0 Å². The first-order valence-corrected chi connectivity index (χ1v) is 14.0. The second-order valence-corrected chi connectivity index (χ2v) is 11.7. The first-order valence-electron chi connectivity index (χ1n) is 14.0. The zero-order valence-electron chi connectivity index (χ0n) is 24.3. The normalized spacial score (nSPS) is 30.2. The van der Waals surface area contributed by atoms with Crippen LogP contribution in [0.4, 0.5) is 0 Å². The summed E-state index contributed by atoms with van der Waals surface area (Å²) in [7, 11) is 3.67. The van der Waals surface area contributed by atoms with Crippen molar-refractivity contribution >= 4 is 11.5 Å². The van der Waals surface area contributed by atoms with Gasteiger partial charge in [0.2, 0.25) is 0 Å². The number of fused-ring (bicyclic) bond motifs is 3. The highest BCUT2D eigenvalue weighted by Crippen LogP contribution is 2.61. The van der Waals surface area contributed by atoms with Crippen LogP contribution in [-0.2, 0) is 9.53 Å². The van der Waals surface area contributed by atoms with Gasteiger partial charge in [-0.05, 0) is 79.3 Å². The Morgan fingerprint density at radius 3 is 2.46 bits per heavy atom. The van der Waals surface area contributed by atoms with Crippen molar-refractivity contribution in [2.75, 3.05) is 14.1 Å². The summed E-state index contributed by atoms with van der Waals surface area (Å²) >= 11 is 0. The summed E-state index contributed by atoms with van der Waals surface area (Å²) < 4.78 is 6.40. The number of hydrogen-bond donors (Lipinski definition) is 3. The average Bonchev–Trinajstić information content (AvgIpc) is 2.85. The lowest BCUT2D eigenvalue weighted by Crippen LogP contribution is -2.65. The predicted molar refractivity (Wildman–Crippen MR) is 157 cm³/mol. The van der Waals surface area contributed by atoms with Crippen molar-refractivity contribution in [3.05, 3.63) is 88.4 Å². The summed E-state index contributed by atoms with van der Waals surface area (Å²) in [5.74, 6) is -1.34. The van der Waals surface area contributed by atoms with E-state index in [1.807, 2.05) is 32.0 Å². The Morgan fingerprint density at radius 2 is 1.87 bits per heavy atom. The van der Waals surface area contributed by atoms with Gasteiger partial charge in [0.1, 0.15) is 17.5 Å². The lowest BCUT2D eigenvalue weighted by Gasteiger charge is -2.58. The second-order valence-electron chi connectivity index (χ2n) is 11.7. The molecule has 0 heterocycles. The van der Waals surface area contributed by atoms with Crippen molar-refractivity contribution in [1.29, 1.82) is 0 Å². The zero-order chi connectivity index (χ0) is 29.0. The number of esters is 1. The lowest BCUT2D eigenvalue weighted by molar-refractivity contribution is -0.167. The highest BCUT2D eigenvalue weighted by molar-refractivity contribution is 5.87. The fraction of sp³-hybridized carbons (Fsp3) is 0.485. The van der Waals surface area contributed by atoms with E-state index in [1.54, 1.807) is 0 Å². The van der Waals surface area contributed by atoms with Crippen LogP contribution in [0.5, 0.6) is 0 Å². The fourth-order valence-electron chi connectivity index (χ4n) is 7.40. The van der Waals surface area contributed by atoms with E-state index in [9.17, 15) is 15.0 Å². The molecule has 210 valence electrons. The van der Waals surface area contributed by atoms with Crippen molar-refractivity contribution in [2.45, 2.75) is 77.0 Å². The number of nitrogens with two attached hydrogens (primary N) is 1. The van der Waals surface area contributed by atoms with Crippen LogP contribution in [0, 0.1) is 18.8 Å². The maximum Gasteiger partial charge on any atom is 0.306 e. The predicted octanol–water partition coefficient (Wildman–Crippen LogP) is 5.70. The summed E-state index contributed by atoms with van der Waals surface area (Å²) in [6.07, 6.45) is 2.21. The number of ether oxygens (including phenoxy) is 1. The van der Waals surface area contributed by atoms with Gasteiger partial charge in [0.25, 0.3) is 0 Å². The number of rotatable bonds is 7. The number of aliphatic hydroxyl groups excluding tert-OH is 1. The van der Waals surface area contributed by atoms with Gasteiger partial charge in [-0.25, -0.2) is 0 Å². The van der Waals surface area contributed by atoms with E-state index in [4.69, 9.17) is 10.5 Å². The Bertz CT molecular complexity index is 1300. The number of likely N-dealkylation sites (N-methyl/N-ethyl adjacent to an activating group) is 1. The molecule has 0 radical (unpaired) electrons. The summed E-state index contributed by atoms with van der Waals surface area (Å²) in [6.45, 7) is 20.9. The smallest absolute Gasteiger partial charge is 0.306 e. The molecule has 0 bridgehead atoms. The van der Waals surface area contributed by atoms with Crippen LogP contribution in [0.25, 0.3) is 5.57 Å². The van der Waals surface area contributed by atoms with Gasteiger partial charge in [-0.1, -0.05) is 64.6 Å². The Balaban J connectivity index is 2.02. The lowest BCUT2D eigenvalue weighted by atomic mass is 9.52. The molecule has 3 aliphatic carbocycles. The molecule has 6 nitrogen and oxygen atoms in total. The van der Waals surface area contributed by atoms with Crippen LogP contribution >= 0.6 is 0 Å². The molecule has 0 aromatic heterocycles. The summed E-state index contributed by atoms with van der Waals surface area (Å²) in [5.41, 5.74) is 10.9. The van der Waals surface area contributed by atoms with Crippen LogP contribution < -0.4 is 5.73 Å². The molecule has 1 aromatic rings. The number of aliphatic hydroxyl groups is 2. The number of allylic oxidation sites excluding steroid dienone is 2. The third-order valence-electron chi connectivity index (χ3n) is 9.23. The minimum atomic E-state index is -1.65. The Hall–Kier alpha value is -3.09. The third kappa shape index (κ3) is 4.29. The van der Waals surface area contributed by atoms with Gasteiger partial charge in [-0.15, -0.1) is 0 Å². The van der Waals surface area contributed by atoms with E-state index in [-0.39, 0.29) is 40.4 Å². The van der Waals surface area contributed by atoms with Gasteiger partial charge in [0.15, 0.2) is 0 Å². The van der Waals surface area contributed by atoms with Crippen molar-refractivity contribution in [3.8, 4) is 0 Å². The first-order chi connectivity index (χ1) is 18.3. The molecule has 0 saturated heterocycles. The number of aryl methyl sites for hydroxylation is 1. The summed E-state index contributed by atoms with van der Waals surface area (Å²) in [5, 5.41) is 24.3. The van der Waals surface area contributed by atoms with Gasteiger partial charge in [-0.3, -0.25) is 9.69 Å². The highest BCUT2D eigenvalue weighted by Gasteiger charge is 2.63. The van der Waals surface area contributed by atoms with E-state index in [1.165, 1.54) is 0 Å². The van der Waals surface area contributed by atoms with Crippen molar-refractivity contribution < 1.29 is 19.7 Å². The topological polar surface area (TPSA) is 96.0 Å². The number of carbonyl (C=O) groups is 1. The molecule has 0 fully saturated rings. The fourth-order valence-corrected chi connectivity index (χ4v) is 7.40. The molecule has 1 aromatic carbocycles. The Morgan fingerprint density at radius 1 is 1.21 bits per heavy atom. The minimum absolute atomic E-state index is 0.0195. The van der Waals surface area contributed by atoms with Crippen LogP contribution in [0.2, 0.25) is 0 Å². The third-order valence-corrected chi connectivity index (χ3v) is 9.23. The molecule has 0 saturated carbocycles. The summed E-state index contributed by atoms with van der Waals surface area (Å²) in [6, 6.07) is 5.53. The second kappa shape index (κ2) is 10.5. The van der Waals surface area contributed by atoms with Gasteiger partial charge < -0.3 is 20.7 Å². The van der Waals surface area contributed by atoms with Gasteiger partial charge in [0.05, 0.1) is 12.0 Å². The van der Waals surface area contributed by atoms with E-state index in [0.29, 0.717) is 12.0 Å². The molecular formula is C33H44N2O4. The quantitative estimate of drug-likeness (QED) is 0.308. The number of hydrogen-bond acceptors (Lipinski definition) is 6. The maximum absolute atomic E-state index is 13.3. The molecule has 0 unspecified atom stereocenters. The van der Waals surface area contributed by atoms with Crippen molar-refractivity contribution in [3.63, 3.8) is 0 Å². The number of unbranched alkanes of at least 4 members (excludes halogenated alkanes) is 2. The van der Waals surface area contributed by atoms with Crippen LogP contribution in [0.3, 0.4) is 0 Å². The molecule has 39 heavy (non-hydrogen) atoms. The molecule has 6 atom stereocenters. The van der Waals surface area contributed by atoms with Crippen LogP contribution in [0.1, 0.15) is 69.1 Å². The molecular weight excluding hydrogens is 488 g/mol. The number of carbonyl (C=O) groups excluding carboxylic acids is 1. The molecule has 3 aliphatic rings. The van der Waals surface area contributed by atoms with Gasteiger partial charge >= 0.3 is 5.97 Å². The van der Waals surface area contributed by atoms with E-state index < -0.39 is 23.7 Å². The Kier molecular flexibility index (Phi) is 7.76. The van der Waals surface area contributed by atoms with Crippen LogP contribution in [-0.4, -0.2) is 52.9 Å². The molecule has 4 N–H and O–H groups in total. The van der Waals surface area contributed by atoms with E-state index in [0.717, 1.165) is 47.1 Å². The van der Waals surface area contributed by atoms with Crippen LogP contribution in [0.15, 0.2) is 71.7 Å². The highest BCUT2D eigenvalue weighted by atomic mass is 16.5. The molecule has 0 amide bonds. The largest absolute Gasteiger partial charge is 0.510 e. The Labute approximate surface area is 233 Å². The zero-order valence-corrected chi connectivity index (χ0v) is 24.3. The van der Waals surface area contributed by atoms with E-state index >= 15 is 0 Å². The average molecular weight is 533 g/mol. The number of benzene rings is 1. The minimum Gasteiger partial charge on any atom is -0.510 e. The number of nitrogens with zero attached hydrogens (tertiary/aromatic N) is 1. The molecule has 0 spiro atoms. The summed E-state index contributed by atoms with van der Waals surface area (Å²) in [4.78, 5) is 15.2. The standard InChI is InChI=1S/C33H44N2O4/c1-10-11-12-16-24(36)39-32-27-18(3)23-15-13-14-17(2)25(23)19(4)26(27)20(5)33(38)21(6)28(22(7)34)31(37)30(29(32)33)35(8)9/h13-15,18,27,29-30,32,37-38H,4,6-7,10-12,16,34H2,1-3,5,8-9H3/t18-,27+,29+,30-,32-,33-/m0/s1. The van der Waals surface area contributed by atoms with Gasteiger partial charge in [0, 0.05) is 23.6 Å². The maximum atomic E-state index is 13.3. The van der Waals surface area contributed by atoms with Crippen molar-refractivity contribution in [1.82, 2.24) is 4.90 Å². The monoisotopic (exact) mass is 532 g/mol. The molecule has 6 heteroatoms.